The molecule has 5 heteroatoms. The van der Waals surface area contributed by atoms with Crippen molar-refractivity contribution in [2.24, 2.45) is 0 Å². The Morgan fingerprint density at radius 3 is 2.50 bits per heavy atom. The van der Waals surface area contributed by atoms with Crippen LogP contribution >= 0.6 is 0 Å². The van der Waals surface area contributed by atoms with Crippen LogP contribution in [0.1, 0.15) is 12.0 Å². The molecule has 1 aromatic rings. The lowest BCUT2D eigenvalue weighted by Crippen LogP contribution is -2.48. The van der Waals surface area contributed by atoms with E-state index in [1.807, 2.05) is 0 Å². The summed E-state index contributed by atoms with van der Waals surface area (Å²) in [5, 5.41) is 9.02. The van der Waals surface area contributed by atoms with Crippen molar-refractivity contribution in [3.8, 4) is 0 Å². The molecule has 3 rings (SSSR count). The Kier molecular flexibility index (Phi) is 3.42. The zero-order valence-electron chi connectivity index (χ0n) is 11.9. The predicted octanol–water partition coefficient (Wildman–Crippen LogP) is 1.87. The number of rotatable bonds is 1. The van der Waals surface area contributed by atoms with Crippen LogP contribution in [-0.2, 0) is 6.42 Å². The van der Waals surface area contributed by atoms with Crippen LogP contribution in [0, 0.1) is 0 Å². The third-order valence-corrected chi connectivity index (χ3v) is 4.35. The van der Waals surface area contributed by atoms with Crippen LogP contribution in [-0.4, -0.2) is 55.9 Å². The summed E-state index contributed by atoms with van der Waals surface area (Å²) in [6.45, 7) is 3.87. The molecule has 0 aliphatic carbocycles. The molecule has 0 radical (unpaired) electrons. The molecule has 0 atom stereocenters. The molecule has 20 heavy (non-hydrogen) atoms. The molecule has 1 aromatic carbocycles. The van der Waals surface area contributed by atoms with Gasteiger partial charge in [0.2, 0.25) is 0 Å². The first-order valence-corrected chi connectivity index (χ1v) is 7.22. The van der Waals surface area contributed by atoms with E-state index in [2.05, 4.69) is 35.0 Å². The van der Waals surface area contributed by atoms with Crippen molar-refractivity contribution in [3.63, 3.8) is 0 Å². The Morgan fingerprint density at radius 2 is 1.80 bits per heavy atom. The highest BCUT2D eigenvalue weighted by Crippen LogP contribution is 2.34. The Bertz CT molecular complexity index is 510. The zero-order chi connectivity index (χ0) is 14.1. The number of piperazine rings is 1. The van der Waals surface area contributed by atoms with Crippen LogP contribution in [0.15, 0.2) is 18.2 Å². The van der Waals surface area contributed by atoms with Crippen molar-refractivity contribution >= 4 is 17.5 Å². The molecule has 2 aliphatic rings. The molecule has 2 heterocycles. The summed E-state index contributed by atoms with van der Waals surface area (Å²) in [6, 6.07) is 6.47. The van der Waals surface area contributed by atoms with Crippen LogP contribution in [0.25, 0.3) is 0 Å². The van der Waals surface area contributed by atoms with Gasteiger partial charge in [-0.15, -0.1) is 0 Å². The highest BCUT2D eigenvalue weighted by Gasteiger charge is 2.24. The van der Waals surface area contributed by atoms with Crippen molar-refractivity contribution in [2.45, 2.75) is 12.8 Å². The second kappa shape index (κ2) is 5.23. The molecule has 1 N–H and O–H groups in total. The fraction of sp³-hybridized carbons (Fsp3) is 0.533. The van der Waals surface area contributed by atoms with Gasteiger partial charge in [-0.25, -0.2) is 4.79 Å². The molecule has 5 nitrogen and oxygen atoms in total. The first kappa shape index (κ1) is 13.1. The predicted molar refractivity (Wildman–Crippen MR) is 79.8 cm³/mol. The third-order valence-electron chi connectivity index (χ3n) is 4.35. The maximum Gasteiger partial charge on any atom is 0.407 e. The average molecular weight is 275 g/mol. The van der Waals surface area contributed by atoms with Gasteiger partial charge in [-0.05, 0) is 30.5 Å². The quantitative estimate of drug-likeness (QED) is 0.850. The van der Waals surface area contributed by atoms with E-state index in [9.17, 15) is 4.79 Å². The second-order valence-corrected chi connectivity index (χ2v) is 5.56. The number of hydrogen-bond donors (Lipinski definition) is 1. The number of carboxylic acid groups (broad SMARTS) is 1. The number of benzene rings is 1. The molecule has 1 saturated heterocycles. The third kappa shape index (κ3) is 2.28. The average Bonchev–Trinajstić information content (AvgIpc) is 2.47. The minimum atomic E-state index is -0.806. The molecular formula is C15H21N3O2. The van der Waals surface area contributed by atoms with E-state index < -0.39 is 6.09 Å². The summed E-state index contributed by atoms with van der Waals surface area (Å²) >= 11 is 0. The number of anilines is 2. The molecule has 0 unspecified atom stereocenters. The lowest BCUT2D eigenvalue weighted by atomic mass is 9.99. The zero-order valence-corrected chi connectivity index (χ0v) is 11.9. The summed E-state index contributed by atoms with van der Waals surface area (Å²) < 4.78 is 0. The highest BCUT2D eigenvalue weighted by molar-refractivity contribution is 5.70. The Balaban J connectivity index is 1.82. The van der Waals surface area contributed by atoms with E-state index in [0.717, 1.165) is 26.1 Å². The SMILES string of the molecule is CN1CCCc2c1cccc2N1CCN(C(=O)O)CC1. The lowest BCUT2D eigenvalue weighted by molar-refractivity contribution is 0.142. The molecule has 1 fully saturated rings. The molecule has 108 valence electrons. The van der Waals surface area contributed by atoms with Gasteiger partial charge in [0.05, 0.1) is 0 Å². The van der Waals surface area contributed by atoms with Gasteiger partial charge in [-0.3, -0.25) is 0 Å². The van der Waals surface area contributed by atoms with Crippen LogP contribution in [0.2, 0.25) is 0 Å². The van der Waals surface area contributed by atoms with Gasteiger partial charge in [0.15, 0.2) is 0 Å². The Hall–Kier alpha value is -1.91. The van der Waals surface area contributed by atoms with E-state index in [-0.39, 0.29) is 0 Å². The molecule has 0 aromatic heterocycles. The minimum absolute atomic E-state index is 0.592. The number of carbonyl (C=O) groups is 1. The van der Waals surface area contributed by atoms with Crippen molar-refractivity contribution in [1.82, 2.24) is 4.90 Å². The van der Waals surface area contributed by atoms with Crippen LogP contribution in [0.3, 0.4) is 0 Å². The summed E-state index contributed by atoms with van der Waals surface area (Å²) in [6.07, 6.45) is 1.50. The first-order chi connectivity index (χ1) is 9.66. The summed E-state index contributed by atoms with van der Waals surface area (Å²) in [4.78, 5) is 17.1. The summed E-state index contributed by atoms with van der Waals surface area (Å²) in [7, 11) is 2.14. The van der Waals surface area contributed by atoms with Crippen LogP contribution < -0.4 is 9.80 Å². The minimum Gasteiger partial charge on any atom is -0.465 e. The van der Waals surface area contributed by atoms with Crippen LogP contribution in [0.4, 0.5) is 16.2 Å². The lowest BCUT2D eigenvalue weighted by Gasteiger charge is -2.38. The van der Waals surface area contributed by atoms with E-state index in [0.29, 0.717) is 13.1 Å². The van der Waals surface area contributed by atoms with E-state index in [1.165, 1.54) is 28.3 Å². The van der Waals surface area contributed by atoms with Gasteiger partial charge in [0.1, 0.15) is 0 Å². The van der Waals surface area contributed by atoms with Crippen LogP contribution in [0.5, 0.6) is 0 Å². The number of amides is 1. The van der Waals surface area contributed by atoms with E-state index >= 15 is 0 Å². The molecular weight excluding hydrogens is 254 g/mol. The van der Waals surface area contributed by atoms with Gasteiger partial charge in [0.25, 0.3) is 0 Å². The standard InChI is InChI=1S/C15H21N3O2/c1-16-7-3-4-12-13(16)5-2-6-14(12)17-8-10-18(11-9-17)15(19)20/h2,5-6H,3-4,7-11H2,1H3,(H,19,20). The first-order valence-electron chi connectivity index (χ1n) is 7.22. The normalized spacial score (nSPS) is 18.9. The monoisotopic (exact) mass is 275 g/mol. The Morgan fingerprint density at radius 1 is 1.10 bits per heavy atom. The maximum absolute atomic E-state index is 11.0. The fourth-order valence-corrected chi connectivity index (χ4v) is 3.22. The topological polar surface area (TPSA) is 47.0 Å². The second-order valence-electron chi connectivity index (χ2n) is 5.56. The molecule has 0 bridgehead atoms. The van der Waals surface area contributed by atoms with Gasteiger partial charge in [-0.1, -0.05) is 6.07 Å². The fourth-order valence-electron chi connectivity index (χ4n) is 3.22. The summed E-state index contributed by atoms with van der Waals surface area (Å²) in [5.74, 6) is 0. The number of nitrogens with zero attached hydrogens (tertiary/aromatic N) is 3. The van der Waals surface area contributed by atoms with Gasteiger partial charge >= 0.3 is 6.09 Å². The highest BCUT2D eigenvalue weighted by atomic mass is 16.4. The largest absolute Gasteiger partial charge is 0.465 e. The van der Waals surface area contributed by atoms with Gasteiger partial charge < -0.3 is 19.8 Å². The molecule has 0 saturated carbocycles. The van der Waals surface area contributed by atoms with Gasteiger partial charge in [0, 0.05) is 51.1 Å². The number of hydrogen-bond acceptors (Lipinski definition) is 3. The molecule has 0 spiro atoms. The molecule has 2 aliphatic heterocycles. The Labute approximate surface area is 119 Å². The van der Waals surface area contributed by atoms with Gasteiger partial charge in [-0.2, -0.15) is 0 Å². The summed E-state index contributed by atoms with van der Waals surface area (Å²) in [5.41, 5.74) is 4.04. The molecule has 1 amide bonds. The van der Waals surface area contributed by atoms with Crippen molar-refractivity contribution in [2.75, 3.05) is 49.6 Å². The number of fused-ring (bicyclic) bond motifs is 1. The van der Waals surface area contributed by atoms with Crippen molar-refractivity contribution < 1.29 is 9.90 Å². The van der Waals surface area contributed by atoms with Crippen molar-refractivity contribution in [3.05, 3.63) is 23.8 Å². The van der Waals surface area contributed by atoms with Crippen molar-refractivity contribution in [1.29, 1.82) is 0 Å². The maximum atomic E-state index is 11.0. The van der Waals surface area contributed by atoms with E-state index in [4.69, 9.17) is 5.11 Å². The van der Waals surface area contributed by atoms with E-state index in [1.54, 1.807) is 0 Å². The smallest absolute Gasteiger partial charge is 0.407 e.